The number of imidazole rings is 1. The van der Waals surface area contributed by atoms with Gasteiger partial charge in [-0.3, -0.25) is 10.1 Å². The average Bonchev–Trinajstić information content (AvgIpc) is 3.28. The van der Waals surface area contributed by atoms with Crippen LogP contribution >= 0.6 is 11.6 Å². The molecule has 0 aliphatic heterocycles. The summed E-state index contributed by atoms with van der Waals surface area (Å²) in [6.07, 6.45) is 1.61. The zero-order valence-electron chi connectivity index (χ0n) is 19.7. The van der Waals surface area contributed by atoms with Crippen molar-refractivity contribution in [2.45, 2.75) is 20.0 Å². The molecule has 0 fully saturated rings. The maximum atomic E-state index is 13.0. The molecule has 1 heterocycles. The van der Waals surface area contributed by atoms with Crippen LogP contribution in [-0.4, -0.2) is 28.1 Å². The number of benzene rings is 3. The Morgan fingerprint density at radius 3 is 2.42 bits per heavy atom. The minimum Gasteiger partial charge on any atom is -0.492 e. The molecule has 9 heteroatoms. The first kappa shape index (κ1) is 24.8. The minimum atomic E-state index is -0.484. The van der Waals surface area contributed by atoms with Crippen LogP contribution < -0.4 is 20.7 Å². The van der Waals surface area contributed by atoms with Crippen LogP contribution in [0.1, 0.15) is 21.7 Å². The number of anilines is 2. The number of hydrogen-bond acceptors (Lipinski definition) is 4. The zero-order valence-corrected chi connectivity index (χ0v) is 20.5. The molecule has 0 spiro atoms. The number of para-hydroxylation sites is 1. The second kappa shape index (κ2) is 11.9. The van der Waals surface area contributed by atoms with Crippen molar-refractivity contribution in [2.75, 3.05) is 17.2 Å². The second-order valence-corrected chi connectivity index (χ2v) is 8.45. The van der Waals surface area contributed by atoms with Gasteiger partial charge < -0.3 is 19.9 Å². The van der Waals surface area contributed by atoms with Gasteiger partial charge in [0.1, 0.15) is 12.4 Å². The lowest BCUT2D eigenvalue weighted by Crippen LogP contribution is -2.27. The van der Waals surface area contributed by atoms with E-state index in [-0.39, 0.29) is 17.5 Å². The lowest BCUT2D eigenvalue weighted by atomic mass is 10.2. The molecule has 4 aromatic rings. The van der Waals surface area contributed by atoms with Gasteiger partial charge in [-0.25, -0.2) is 9.78 Å². The van der Waals surface area contributed by atoms with Gasteiger partial charge in [0.05, 0.1) is 6.54 Å². The molecule has 0 radical (unpaired) electrons. The summed E-state index contributed by atoms with van der Waals surface area (Å²) >= 11 is 5.99. The van der Waals surface area contributed by atoms with E-state index in [2.05, 4.69) is 20.9 Å². The number of rotatable bonds is 9. The monoisotopic (exact) mass is 503 g/mol. The predicted molar refractivity (Wildman–Crippen MR) is 141 cm³/mol. The Kier molecular flexibility index (Phi) is 8.20. The molecule has 36 heavy (non-hydrogen) atoms. The molecule has 0 atom stereocenters. The molecule has 0 aliphatic carbocycles. The summed E-state index contributed by atoms with van der Waals surface area (Å²) in [5, 5.41) is 8.93. The number of amides is 3. The summed E-state index contributed by atoms with van der Waals surface area (Å²) < 4.78 is 7.43. The zero-order chi connectivity index (χ0) is 25.3. The van der Waals surface area contributed by atoms with E-state index >= 15 is 0 Å². The fourth-order valence-electron chi connectivity index (χ4n) is 3.50. The fourth-order valence-corrected chi connectivity index (χ4v) is 3.73. The smallest absolute Gasteiger partial charge is 0.324 e. The van der Waals surface area contributed by atoms with Gasteiger partial charge in [0.2, 0.25) is 5.82 Å². The van der Waals surface area contributed by atoms with Gasteiger partial charge in [-0.2, -0.15) is 0 Å². The highest BCUT2D eigenvalue weighted by atomic mass is 35.5. The van der Waals surface area contributed by atoms with Crippen molar-refractivity contribution in [1.29, 1.82) is 0 Å². The number of urea groups is 1. The Morgan fingerprint density at radius 1 is 0.972 bits per heavy atom. The second-order valence-electron chi connectivity index (χ2n) is 8.01. The third-order valence-corrected chi connectivity index (χ3v) is 5.53. The van der Waals surface area contributed by atoms with E-state index in [4.69, 9.17) is 16.3 Å². The largest absolute Gasteiger partial charge is 0.492 e. The maximum Gasteiger partial charge on any atom is 0.324 e. The fraction of sp³-hybridized carbons (Fsp3) is 0.148. The van der Waals surface area contributed by atoms with Crippen LogP contribution in [0.3, 0.4) is 0 Å². The third kappa shape index (κ3) is 6.86. The molecular formula is C27H26ClN5O3. The van der Waals surface area contributed by atoms with Crippen LogP contribution in [0.5, 0.6) is 5.75 Å². The van der Waals surface area contributed by atoms with E-state index in [0.717, 1.165) is 16.9 Å². The van der Waals surface area contributed by atoms with Gasteiger partial charge in [0.25, 0.3) is 5.91 Å². The topological polar surface area (TPSA) is 97.3 Å². The number of aromatic nitrogens is 2. The average molecular weight is 504 g/mol. The molecule has 1 aromatic heterocycles. The number of aryl methyl sites for hydroxylation is 1. The highest BCUT2D eigenvalue weighted by molar-refractivity contribution is 6.30. The molecule has 0 saturated carbocycles. The summed E-state index contributed by atoms with van der Waals surface area (Å²) in [5.41, 5.74) is 2.41. The Hall–Kier alpha value is -4.30. The number of halogens is 1. The first-order valence-corrected chi connectivity index (χ1v) is 11.8. The van der Waals surface area contributed by atoms with Gasteiger partial charge in [-0.05, 0) is 48.4 Å². The van der Waals surface area contributed by atoms with Crippen molar-refractivity contribution in [1.82, 2.24) is 14.9 Å². The van der Waals surface area contributed by atoms with Crippen molar-refractivity contribution < 1.29 is 14.3 Å². The third-order valence-electron chi connectivity index (χ3n) is 5.30. The molecule has 4 rings (SSSR count). The lowest BCUT2D eigenvalue weighted by Gasteiger charge is -2.10. The quantitative estimate of drug-likeness (QED) is 0.281. The molecule has 0 aliphatic rings. The number of hydrogen-bond donors (Lipinski definition) is 3. The maximum absolute atomic E-state index is 13.0. The molecular weight excluding hydrogens is 478 g/mol. The van der Waals surface area contributed by atoms with E-state index in [9.17, 15) is 9.59 Å². The predicted octanol–water partition coefficient (Wildman–Crippen LogP) is 5.50. The first-order chi connectivity index (χ1) is 17.5. The number of carbonyl (C=O) groups excluding carboxylic acids is 2. The van der Waals surface area contributed by atoms with Gasteiger partial charge in [0, 0.05) is 23.5 Å². The van der Waals surface area contributed by atoms with Crippen LogP contribution in [0, 0.1) is 6.92 Å². The molecule has 0 saturated heterocycles. The van der Waals surface area contributed by atoms with Crippen LogP contribution in [0.25, 0.3) is 0 Å². The van der Waals surface area contributed by atoms with Gasteiger partial charge in [-0.1, -0.05) is 60.1 Å². The molecule has 3 N–H and O–H groups in total. The minimum absolute atomic E-state index is 0.167. The number of ether oxygens (including phenoxy) is 1. The van der Waals surface area contributed by atoms with E-state index < -0.39 is 6.03 Å². The summed E-state index contributed by atoms with van der Waals surface area (Å²) in [5.74, 6) is 0.772. The Labute approximate surface area is 214 Å². The molecule has 3 amide bonds. The Balaban J connectivity index is 1.45. The van der Waals surface area contributed by atoms with Crippen molar-refractivity contribution in [3.05, 3.63) is 107 Å². The number of nitrogens with one attached hydrogen (secondary N) is 3. The van der Waals surface area contributed by atoms with Crippen molar-refractivity contribution in [2.24, 2.45) is 0 Å². The van der Waals surface area contributed by atoms with Gasteiger partial charge >= 0.3 is 6.03 Å². The van der Waals surface area contributed by atoms with Gasteiger partial charge in [-0.15, -0.1) is 0 Å². The summed E-state index contributed by atoms with van der Waals surface area (Å²) in [4.78, 5) is 29.9. The molecule has 0 bridgehead atoms. The highest BCUT2D eigenvalue weighted by Crippen LogP contribution is 2.20. The first-order valence-electron chi connectivity index (χ1n) is 11.4. The molecule has 3 aromatic carbocycles. The molecule has 0 unspecified atom stereocenters. The summed E-state index contributed by atoms with van der Waals surface area (Å²) in [7, 11) is 0. The summed E-state index contributed by atoms with van der Waals surface area (Å²) in [6.45, 7) is 2.87. The summed E-state index contributed by atoms with van der Waals surface area (Å²) in [6, 6.07) is 23.7. The Morgan fingerprint density at radius 2 is 1.69 bits per heavy atom. The van der Waals surface area contributed by atoms with Crippen molar-refractivity contribution in [3.8, 4) is 5.75 Å². The lowest BCUT2D eigenvalue weighted by molar-refractivity contribution is 0.0935. The van der Waals surface area contributed by atoms with Crippen LogP contribution in [0.2, 0.25) is 5.02 Å². The SMILES string of the molecule is Cc1cc(Cl)ccc1NC(=O)Nc1cn(CCOc2ccccc2)c(C(=O)NCc2ccccc2)n1. The van der Waals surface area contributed by atoms with Crippen LogP contribution in [-0.2, 0) is 13.1 Å². The highest BCUT2D eigenvalue weighted by Gasteiger charge is 2.17. The van der Waals surface area contributed by atoms with Gasteiger partial charge in [0.15, 0.2) is 5.82 Å². The normalized spacial score (nSPS) is 10.5. The number of carbonyl (C=O) groups is 2. The van der Waals surface area contributed by atoms with E-state index in [1.807, 2.05) is 67.6 Å². The van der Waals surface area contributed by atoms with Crippen LogP contribution in [0.15, 0.2) is 85.1 Å². The standard InChI is InChI=1S/C27H26ClN5O3/c1-19-16-21(28)12-13-23(19)30-27(35)32-24-18-33(14-15-36-22-10-6-3-7-11-22)25(31-24)26(34)29-17-20-8-4-2-5-9-20/h2-13,16,18H,14-15,17H2,1H3,(H,29,34)(H2,30,32,35). The van der Waals surface area contributed by atoms with E-state index in [0.29, 0.717) is 30.4 Å². The van der Waals surface area contributed by atoms with Crippen molar-refractivity contribution >= 4 is 35.0 Å². The number of nitrogens with zero attached hydrogens (tertiary/aromatic N) is 2. The van der Waals surface area contributed by atoms with Crippen molar-refractivity contribution in [3.63, 3.8) is 0 Å². The van der Waals surface area contributed by atoms with Crippen LogP contribution in [0.4, 0.5) is 16.3 Å². The molecule has 184 valence electrons. The van der Waals surface area contributed by atoms with E-state index in [1.165, 1.54) is 0 Å². The molecule has 8 nitrogen and oxygen atoms in total. The van der Waals surface area contributed by atoms with E-state index in [1.54, 1.807) is 29.0 Å². The Bertz CT molecular complexity index is 1330.